The molecule has 0 amide bonds. The monoisotopic (exact) mass is 274 g/mol. The van der Waals surface area contributed by atoms with Crippen LogP contribution in [0.3, 0.4) is 0 Å². The molecule has 20 heavy (non-hydrogen) atoms. The van der Waals surface area contributed by atoms with Crippen molar-refractivity contribution >= 4 is 5.97 Å². The van der Waals surface area contributed by atoms with Crippen LogP contribution in [-0.4, -0.2) is 26.3 Å². The molecule has 5 nitrogen and oxygen atoms in total. The van der Waals surface area contributed by atoms with E-state index in [-0.39, 0.29) is 12.1 Å². The van der Waals surface area contributed by atoms with Crippen LogP contribution in [0.25, 0.3) is 11.3 Å². The zero-order chi connectivity index (χ0) is 13.9. The fraction of sp³-hybridized carbons (Fsp3) is 0.267. The smallest absolute Gasteiger partial charge is 0.373 e. The molecule has 2 heterocycles. The molecule has 0 radical (unpaired) electrons. The van der Waals surface area contributed by atoms with Gasteiger partial charge in [0.2, 0.25) is 5.76 Å². The number of hydrogen-bond acceptors (Lipinski definition) is 5. The first-order valence-electron chi connectivity index (χ1n) is 6.29. The number of esters is 1. The molecule has 0 saturated carbocycles. The Morgan fingerprint density at radius 1 is 1.20 bits per heavy atom. The number of rotatable bonds is 3. The molecule has 104 valence electrons. The van der Waals surface area contributed by atoms with Crippen molar-refractivity contribution in [3.05, 3.63) is 47.7 Å². The minimum absolute atomic E-state index is 0.182. The molecular formula is C15H14O5. The largest absolute Gasteiger partial charge is 0.463 e. The van der Waals surface area contributed by atoms with E-state index in [2.05, 4.69) is 4.74 Å². The predicted molar refractivity (Wildman–Crippen MR) is 70.1 cm³/mol. The van der Waals surface area contributed by atoms with Crippen LogP contribution in [0.1, 0.15) is 22.4 Å². The Morgan fingerprint density at radius 2 is 2.00 bits per heavy atom. The quantitative estimate of drug-likeness (QED) is 0.805. The summed E-state index contributed by atoms with van der Waals surface area (Å²) >= 11 is 0. The molecule has 0 aliphatic carbocycles. The molecule has 1 aromatic heterocycles. The van der Waals surface area contributed by atoms with Crippen molar-refractivity contribution in [1.82, 2.24) is 0 Å². The lowest BCUT2D eigenvalue weighted by Crippen LogP contribution is -1.98. The standard InChI is InChI=1S/C15H14O5/c1-17-14(16)13-6-5-12(20-13)10-3-2-4-11(9-10)15-18-7-8-19-15/h2-6,9,15H,7-8H2,1H3. The molecule has 0 unspecified atom stereocenters. The maximum Gasteiger partial charge on any atom is 0.373 e. The van der Waals surface area contributed by atoms with Crippen molar-refractivity contribution in [3.8, 4) is 11.3 Å². The Balaban J connectivity index is 1.88. The molecule has 0 spiro atoms. The summed E-state index contributed by atoms with van der Waals surface area (Å²) in [4.78, 5) is 11.4. The number of ether oxygens (including phenoxy) is 3. The van der Waals surface area contributed by atoms with Gasteiger partial charge in [-0.05, 0) is 18.2 Å². The van der Waals surface area contributed by atoms with Gasteiger partial charge in [-0.3, -0.25) is 0 Å². The molecular weight excluding hydrogens is 260 g/mol. The van der Waals surface area contributed by atoms with Gasteiger partial charge >= 0.3 is 5.97 Å². The van der Waals surface area contributed by atoms with Crippen LogP contribution in [0.2, 0.25) is 0 Å². The van der Waals surface area contributed by atoms with Crippen LogP contribution in [0.5, 0.6) is 0 Å². The number of carbonyl (C=O) groups is 1. The first kappa shape index (κ1) is 12.9. The van der Waals surface area contributed by atoms with E-state index in [0.717, 1.165) is 11.1 Å². The minimum atomic E-state index is -0.491. The summed E-state index contributed by atoms with van der Waals surface area (Å²) in [5.74, 6) is 0.293. The number of furan rings is 1. The van der Waals surface area contributed by atoms with Crippen molar-refractivity contribution in [1.29, 1.82) is 0 Å². The Morgan fingerprint density at radius 3 is 2.75 bits per heavy atom. The molecule has 0 atom stereocenters. The summed E-state index contributed by atoms with van der Waals surface area (Å²) in [5.41, 5.74) is 1.78. The molecule has 3 rings (SSSR count). The van der Waals surface area contributed by atoms with E-state index in [0.29, 0.717) is 19.0 Å². The number of benzene rings is 1. The van der Waals surface area contributed by atoms with Crippen LogP contribution in [0.4, 0.5) is 0 Å². The number of hydrogen-bond donors (Lipinski definition) is 0. The maximum absolute atomic E-state index is 11.4. The Labute approximate surface area is 116 Å². The first-order valence-corrected chi connectivity index (χ1v) is 6.29. The molecule has 1 saturated heterocycles. The lowest BCUT2D eigenvalue weighted by atomic mass is 10.1. The van der Waals surface area contributed by atoms with Crippen LogP contribution >= 0.6 is 0 Å². The van der Waals surface area contributed by atoms with Crippen LogP contribution < -0.4 is 0 Å². The van der Waals surface area contributed by atoms with E-state index >= 15 is 0 Å². The fourth-order valence-corrected chi connectivity index (χ4v) is 2.09. The highest BCUT2D eigenvalue weighted by atomic mass is 16.7. The van der Waals surface area contributed by atoms with E-state index in [9.17, 15) is 4.79 Å². The molecule has 0 N–H and O–H groups in total. The van der Waals surface area contributed by atoms with Gasteiger partial charge in [-0.15, -0.1) is 0 Å². The SMILES string of the molecule is COC(=O)c1ccc(-c2cccc(C3OCCO3)c2)o1. The van der Waals surface area contributed by atoms with Gasteiger partial charge in [-0.2, -0.15) is 0 Å². The lowest BCUT2D eigenvalue weighted by molar-refractivity contribution is -0.0440. The average molecular weight is 274 g/mol. The maximum atomic E-state index is 11.4. The molecule has 1 aliphatic rings. The van der Waals surface area contributed by atoms with Gasteiger partial charge in [0.15, 0.2) is 6.29 Å². The van der Waals surface area contributed by atoms with Crippen molar-refractivity contribution in [2.24, 2.45) is 0 Å². The number of methoxy groups -OCH3 is 1. The van der Waals surface area contributed by atoms with Crippen LogP contribution in [0, 0.1) is 0 Å². The summed E-state index contributed by atoms with van der Waals surface area (Å²) in [6.07, 6.45) is -0.329. The topological polar surface area (TPSA) is 57.9 Å². The second-order valence-electron chi connectivity index (χ2n) is 4.35. The van der Waals surface area contributed by atoms with E-state index in [1.54, 1.807) is 12.1 Å². The first-order chi connectivity index (χ1) is 9.78. The van der Waals surface area contributed by atoms with Gasteiger partial charge in [-0.25, -0.2) is 4.79 Å². The highest BCUT2D eigenvalue weighted by Crippen LogP contribution is 2.28. The molecule has 1 aromatic carbocycles. The van der Waals surface area contributed by atoms with Crippen LogP contribution in [-0.2, 0) is 14.2 Å². The Hall–Kier alpha value is -2.11. The Kier molecular flexibility index (Phi) is 3.54. The van der Waals surface area contributed by atoms with E-state index < -0.39 is 5.97 Å². The van der Waals surface area contributed by atoms with E-state index in [1.807, 2.05) is 24.3 Å². The zero-order valence-electron chi connectivity index (χ0n) is 11.0. The summed E-state index contributed by atoms with van der Waals surface area (Å²) in [6.45, 7) is 1.20. The normalized spacial score (nSPS) is 15.4. The third kappa shape index (κ3) is 2.45. The Bertz CT molecular complexity index is 610. The molecule has 0 bridgehead atoms. The van der Waals surface area contributed by atoms with Crippen LogP contribution in [0.15, 0.2) is 40.8 Å². The summed E-state index contributed by atoms with van der Waals surface area (Å²) in [6, 6.07) is 11.0. The van der Waals surface area contributed by atoms with E-state index in [1.165, 1.54) is 7.11 Å². The summed E-state index contributed by atoms with van der Waals surface area (Å²) in [7, 11) is 1.32. The molecule has 1 fully saturated rings. The summed E-state index contributed by atoms with van der Waals surface area (Å²) in [5, 5.41) is 0. The predicted octanol–water partition coefficient (Wildman–Crippen LogP) is 2.78. The van der Waals surface area contributed by atoms with Crippen molar-refractivity contribution in [2.75, 3.05) is 20.3 Å². The van der Waals surface area contributed by atoms with Gasteiger partial charge in [0.1, 0.15) is 5.76 Å². The molecule has 2 aromatic rings. The highest BCUT2D eigenvalue weighted by molar-refractivity contribution is 5.87. The number of carbonyl (C=O) groups excluding carboxylic acids is 1. The fourth-order valence-electron chi connectivity index (χ4n) is 2.09. The third-order valence-corrected chi connectivity index (χ3v) is 3.06. The van der Waals surface area contributed by atoms with E-state index in [4.69, 9.17) is 13.9 Å². The van der Waals surface area contributed by atoms with Gasteiger partial charge in [-0.1, -0.05) is 18.2 Å². The third-order valence-electron chi connectivity index (χ3n) is 3.06. The van der Waals surface area contributed by atoms with Gasteiger partial charge in [0.05, 0.1) is 20.3 Å². The van der Waals surface area contributed by atoms with Crippen molar-refractivity contribution in [3.63, 3.8) is 0 Å². The highest BCUT2D eigenvalue weighted by Gasteiger charge is 2.19. The second-order valence-corrected chi connectivity index (χ2v) is 4.35. The van der Waals surface area contributed by atoms with Gasteiger partial charge < -0.3 is 18.6 Å². The van der Waals surface area contributed by atoms with Crippen molar-refractivity contribution in [2.45, 2.75) is 6.29 Å². The lowest BCUT2D eigenvalue weighted by Gasteiger charge is -2.09. The minimum Gasteiger partial charge on any atom is -0.463 e. The summed E-state index contributed by atoms with van der Waals surface area (Å²) < 4.78 is 21.0. The van der Waals surface area contributed by atoms with Gasteiger partial charge in [0, 0.05) is 11.1 Å². The zero-order valence-corrected chi connectivity index (χ0v) is 11.0. The molecule has 5 heteroatoms. The average Bonchev–Trinajstić information content (AvgIpc) is 3.18. The van der Waals surface area contributed by atoms with Gasteiger partial charge in [0.25, 0.3) is 0 Å². The van der Waals surface area contributed by atoms with Crippen molar-refractivity contribution < 1.29 is 23.4 Å². The molecule has 1 aliphatic heterocycles. The second kappa shape index (κ2) is 5.48.